The number of amides is 3. The Hall–Kier alpha value is -2.82. The number of benzene rings is 1. The summed E-state index contributed by atoms with van der Waals surface area (Å²) in [7, 11) is -3.69. The van der Waals surface area contributed by atoms with E-state index in [9.17, 15) is 22.8 Å². The Morgan fingerprint density at radius 1 is 1.20 bits per heavy atom. The third-order valence-electron chi connectivity index (χ3n) is 5.79. The second-order valence-electron chi connectivity index (χ2n) is 8.09. The molecule has 3 heterocycles. The van der Waals surface area contributed by atoms with Gasteiger partial charge in [-0.1, -0.05) is 0 Å². The Kier molecular flexibility index (Phi) is 4.68. The second kappa shape index (κ2) is 6.86. The largest absolute Gasteiger partial charge is 0.486 e. The van der Waals surface area contributed by atoms with Crippen LogP contribution in [0.25, 0.3) is 0 Å². The number of rotatable bonds is 4. The summed E-state index contributed by atoms with van der Waals surface area (Å²) >= 11 is 0. The van der Waals surface area contributed by atoms with E-state index in [1.807, 2.05) is 0 Å². The molecule has 1 aromatic carbocycles. The van der Waals surface area contributed by atoms with E-state index in [-0.39, 0.29) is 12.3 Å². The number of nitrogens with zero attached hydrogens (tertiary/aromatic N) is 1. The minimum absolute atomic E-state index is 0.115. The maximum atomic E-state index is 12.9. The monoisotopic (exact) mass is 437 g/mol. The number of nitrogens with one attached hydrogen (secondary N) is 2. The molecule has 3 aliphatic rings. The summed E-state index contributed by atoms with van der Waals surface area (Å²) in [6.45, 7) is 5.20. The molecule has 3 unspecified atom stereocenters. The van der Waals surface area contributed by atoms with Gasteiger partial charge in [0.1, 0.15) is 30.7 Å². The molecule has 4 rings (SSSR count). The van der Waals surface area contributed by atoms with Crippen molar-refractivity contribution in [1.82, 2.24) is 10.2 Å². The maximum absolute atomic E-state index is 12.9. The van der Waals surface area contributed by atoms with Gasteiger partial charge in [0.05, 0.1) is 11.2 Å². The fraction of sp³-hybridized carbons (Fsp3) is 0.526. The normalized spacial score (nSPS) is 26.2. The van der Waals surface area contributed by atoms with Crippen LogP contribution in [0.2, 0.25) is 0 Å². The molecule has 30 heavy (non-hydrogen) atoms. The summed E-state index contributed by atoms with van der Waals surface area (Å²) in [6, 6.07) is 2.81. The Morgan fingerprint density at radius 3 is 2.53 bits per heavy atom. The number of sulfone groups is 1. The number of β-lactam (4-membered cyclic amide) rings is 1. The molecule has 0 aromatic heterocycles. The minimum Gasteiger partial charge on any atom is -0.486 e. The van der Waals surface area contributed by atoms with Crippen LogP contribution < -0.4 is 20.1 Å². The third kappa shape index (κ3) is 2.99. The van der Waals surface area contributed by atoms with E-state index in [0.717, 1.165) is 4.90 Å². The van der Waals surface area contributed by atoms with Crippen LogP contribution in [0.5, 0.6) is 11.5 Å². The molecule has 10 nitrogen and oxygen atoms in total. The van der Waals surface area contributed by atoms with Gasteiger partial charge in [-0.15, -0.1) is 0 Å². The zero-order chi connectivity index (χ0) is 21.8. The zero-order valence-electron chi connectivity index (χ0n) is 16.8. The number of hydrogen-bond donors (Lipinski definition) is 2. The van der Waals surface area contributed by atoms with Crippen molar-refractivity contribution in [1.29, 1.82) is 0 Å². The van der Waals surface area contributed by atoms with Crippen molar-refractivity contribution in [3.63, 3.8) is 0 Å². The van der Waals surface area contributed by atoms with E-state index in [1.54, 1.807) is 18.2 Å². The lowest BCUT2D eigenvalue weighted by Crippen LogP contribution is -2.61. The van der Waals surface area contributed by atoms with Crippen molar-refractivity contribution in [3.8, 4) is 11.5 Å². The lowest BCUT2D eigenvalue weighted by Gasteiger charge is -2.37. The molecular weight excluding hydrogens is 414 g/mol. The Morgan fingerprint density at radius 2 is 1.87 bits per heavy atom. The van der Waals surface area contributed by atoms with Crippen molar-refractivity contribution in [2.24, 2.45) is 0 Å². The first kappa shape index (κ1) is 20.5. The highest BCUT2D eigenvalue weighted by molar-refractivity contribution is 7.93. The fourth-order valence-corrected chi connectivity index (χ4v) is 6.12. The molecule has 0 spiro atoms. The Bertz CT molecular complexity index is 1040. The number of ether oxygens (including phenoxy) is 2. The van der Waals surface area contributed by atoms with Gasteiger partial charge in [0, 0.05) is 11.8 Å². The Balaban J connectivity index is 1.44. The van der Waals surface area contributed by atoms with E-state index in [1.165, 1.54) is 20.8 Å². The van der Waals surface area contributed by atoms with Gasteiger partial charge in [0.15, 0.2) is 21.3 Å². The van der Waals surface area contributed by atoms with Gasteiger partial charge in [-0.2, -0.15) is 0 Å². The van der Waals surface area contributed by atoms with Crippen molar-refractivity contribution in [2.75, 3.05) is 18.5 Å². The van der Waals surface area contributed by atoms with Crippen molar-refractivity contribution < 1.29 is 32.3 Å². The van der Waals surface area contributed by atoms with E-state index in [2.05, 4.69) is 10.6 Å². The number of carbonyl (C=O) groups is 3. The summed E-state index contributed by atoms with van der Waals surface area (Å²) in [5, 5.41) is 4.24. The first-order valence-corrected chi connectivity index (χ1v) is 11.1. The van der Waals surface area contributed by atoms with Gasteiger partial charge in [0.2, 0.25) is 17.7 Å². The molecule has 162 valence electrons. The van der Waals surface area contributed by atoms with E-state index < -0.39 is 43.9 Å². The molecule has 11 heteroatoms. The molecule has 0 radical (unpaired) electrons. The summed E-state index contributed by atoms with van der Waals surface area (Å²) in [5.74, 6) is -0.466. The molecule has 0 bridgehead atoms. The molecule has 0 aliphatic carbocycles. The number of anilines is 1. The molecule has 0 saturated carbocycles. The van der Waals surface area contributed by atoms with Crippen LogP contribution in [0.1, 0.15) is 27.2 Å². The smallest absolute Gasteiger partial charge is 0.246 e. The molecule has 3 atom stereocenters. The number of carbonyl (C=O) groups excluding carboxylic acids is 3. The highest BCUT2D eigenvalue weighted by atomic mass is 32.2. The summed E-state index contributed by atoms with van der Waals surface area (Å²) < 4.78 is 34.7. The molecule has 3 aliphatic heterocycles. The summed E-state index contributed by atoms with van der Waals surface area (Å²) in [5.41, 5.74) is 0.465. The quantitative estimate of drug-likeness (QED) is 0.636. The molecule has 2 fully saturated rings. The van der Waals surface area contributed by atoms with Crippen LogP contribution in [0.15, 0.2) is 18.2 Å². The standard InChI is InChI=1S/C19H23N3O7S/c1-10(17(24)21-11-4-5-12-13(8-11)29-7-6-28-12)20-18(25)16-19(2,3)30(26,27)15-9-14(23)22(15)16/h4-5,8,10,15-16H,6-7,9H2,1-3H3,(H,20,25)(H,21,24). The van der Waals surface area contributed by atoms with Gasteiger partial charge in [0.25, 0.3) is 0 Å². The summed E-state index contributed by atoms with van der Waals surface area (Å²) in [4.78, 5) is 38.5. The van der Waals surface area contributed by atoms with Crippen LogP contribution in [0.4, 0.5) is 5.69 Å². The maximum Gasteiger partial charge on any atom is 0.246 e. The van der Waals surface area contributed by atoms with Crippen LogP contribution in [0, 0.1) is 0 Å². The summed E-state index contributed by atoms with van der Waals surface area (Å²) in [6.07, 6.45) is -0.115. The highest BCUT2D eigenvalue weighted by Crippen LogP contribution is 2.45. The van der Waals surface area contributed by atoms with Crippen LogP contribution in [0.3, 0.4) is 0 Å². The van der Waals surface area contributed by atoms with Crippen LogP contribution in [-0.2, 0) is 24.2 Å². The second-order valence-corrected chi connectivity index (χ2v) is 10.8. The Labute approximate surface area is 173 Å². The molecule has 3 amide bonds. The lowest BCUT2D eigenvalue weighted by atomic mass is 9.97. The van der Waals surface area contributed by atoms with Gasteiger partial charge in [-0.25, -0.2) is 8.42 Å². The SMILES string of the molecule is CC(NC(=O)C1N2C(=O)CC2S(=O)(=O)C1(C)C)C(=O)Nc1ccc2c(c1)OCCO2. The predicted octanol–water partition coefficient (Wildman–Crippen LogP) is 0.0350. The van der Waals surface area contributed by atoms with Crippen molar-refractivity contribution in [3.05, 3.63) is 18.2 Å². The molecular formula is C19H23N3O7S. The van der Waals surface area contributed by atoms with Crippen molar-refractivity contribution in [2.45, 2.75) is 49.4 Å². The van der Waals surface area contributed by atoms with Crippen LogP contribution in [-0.4, -0.2) is 66.5 Å². The van der Waals surface area contributed by atoms with Gasteiger partial charge in [-0.05, 0) is 32.9 Å². The van der Waals surface area contributed by atoms with Gasteiger partial charge < -0.3 is 25.0 Å². The van der Waals surface area contributed by atoms with E-state index >= 15 is 0 Å². The van der Waals surface area contributed by atoms with Crippen molar-refractivity contribution >= 4 is 33.2 Å². The first-order chi connectivity index (χ1) is 14.0. The average Bonchev–Trinajstić information content (AvgIpc) is 2.81. The van der Waals surface area contributed by atoms with Gasteiger partial charge >= 0.3 is 0 Å². The number of fused-ring (bicyclic) bond motifs is 2. The highest BCUT2D eigenvalue weighted by Gasteiger charge is 2.67. The third-order valence-corrected chi connectivity index (χ3v) is 8.59. The topological polar surface area (TPSA) is 131 Å². The molecule has 2 N–H and O–H groups in total. The fourth-order valence-electron chi connectivity index (χ4n) is 3.98. The average molecular weight is 437 g/mol. The van der Waals surface area contributed by atoms with E-state index in [4.69, 9.17) is 9.47 Å². The molecule has 1 aromatic rings. The van der Waals surface area contributed by atoms with E-state index in [0.29, 0.717) is 30.4 Å². The molecule has 2 saturated heterocycles. The first-order valence-electron chi connectivity index (χ1n) is 9.59. The minimum atomic E-state index is -3.69. The van der Waals surface area contributed by atoms with Crippen LogP contribution >= 0.6 is 0 Å². The van der Waals surface area contributed by atoms with Gasteiger partial charge in [-0.3, -0.25) is 14.4 Å². The zero-order valence-corrected chi connectivity index (χ0v) is 17.6. The lowest BCUT2D eigenvalue weighted by molar-refractivity contribution is -0.150. The predicted molar refractivity (Wildman–Crippen MR) is 106 cm³/mol. The number of hydrogen-bond acceptors (Lipinski definition) is 7.